The van der Waals surface area contributed by atoms with Gasteiger partial charge in [0.1, 0.15) is 11.6 Å². The summed E-state index contributed by atoms with van der Waals surface area (Å²) in [6.45, 7) is 5.35. The number of halogens is 3. The number of methoxy groups -OCH3 is 1. The molecule has 202 valence electrons. The smallest absolute Gasteiger partial charge is 0.273 e. The molecule has 10 heteroatoms. The normalized spacial score (nSPS) is 24.3. The number of aryl methyl sites for hydroxylation is 1. The Morgan fingerprint density at radius 1 is 1.24 bits per heavy atom. The topological polar surface area (TPSA) is 81.1 Å². The van der Waals surface area contributed by atoms with Gasteiger partial charge in [-0.1, -0.05) is 31.4 Å². The van der Waals surface area contributed by atoms with Crippen LogP contribution in [0.4, 0.5) is 14.6 Å². The van der Waals surface area contributed by atoms with Crippen LogP contribution in [-0.4, -0.2) is 46.3 Å². The number of hydrogen-bond acceptors (Lipinski definition) is 5. The Kier molecular flexibility index (Phi) is 7.11. The number of alkyl halides is 2. The quantitative estimate of drug-likeness (QED) is 0.422. The van der Waals surface area contributed by atoms with Crippen molar-refractivity contribution in [2.45, 2.75) is 83.7 Å². The minimum atomic E-state index is -2.50. The molecule has 37 heavy (non-hydrogen) atoms. The molecule has 0 saturated heterocycles. The highest BCUT2D eigenvalue weighted by atomic mass is 35.5. The van der Waals surface area contributed by atoms with Crippen LogP contribution in [0.25, 0.3) is 11.3 Å². The summed E-state index contributed by atoms with van der Waals surface area (Å²) in [7, 11) is 1.57. The standard InChI is InChI=1S/C27H36ClF2N5O2/c1-4-35-24(22(28)23(34-35)25(36)32-12-17-7-5-16(2)6-8-17)19-13-31-21(9-20(19)37-3)33-18-10-26(11-18)14-27(29,30)15-26/h9,13,16-18H,4-8,10-12,14-15H2,1-3H3,(H,31,33)(H,32,36). The van der Waals surface area contributed by atoms with E-state index < -0.39 is 5.92 Å². The second-order valence-electron chi connectivity index (χ2n) is 11.4. The largest absolute Gasteiger partial charge is 0.496 e. The highest BCUT2D eigenvalue weighted by Gasteiger charge is 2.61. The summed E-state index contributed by atoms with van der Waals surface area (Å²) >= 11 is 6.74. The maximum absolute atomic E-state index is 13.3. The first-order valence-electron chi connectivity index (χ1n) is 13.4. The van der Waals surface area contributed by atoms with E-state index in [0.717, 1.165) is 31.6 Å². The van der Waals surface area contributed by atoms with Crippen LogP contribution >= 0.6 is 11.6 Å². The molecule has 3 saturated carbocycles. The van der Waals surface area contributed by atoms with Crippen molar-refractivity contribution >= 4 is 23.3 Å². The molecule has 2 aromatic rings. The van der Waals surface area contributed by atoms with Gasteiger partial charge in [-0.25, -0.2) is 13.8 Å². The molecule has 7 nitrogen and oxygen atoms in total. The molecule has 1 amide bonds. The number of nitrogens with zero attached hydrogens (tertiary/aromatic N) is 3. The molecule has 3 aliphatic rings. The number of rotatable bonds is 8. The average Bonchev–Trinajstić information content (AvgIpc) is 3.17. The Labute approximate surface area is 221 Å². The molecule has 2 heterocycles. The van der Waals surface area contributed by atoms with Gasteiger partial charge in [-0.3, -0.25) is 9.48 Å². The van der Waals surface area contributed by atoms with Gasteiger partial charge in [0.05, 0.1) is 23.4 Å². The first-order chi connectivity index (χ1) is 17.6. The van der Waals surface area contributed by atoms with Gasteiger partial charge in [0.15, 0.2) is 5.69 Å². The van der Waals surface area contributed by atoms with Crippen molar-refractivity contribution in [1.29, 1.82) is 0 Å². The number of carbonyl (C=O) groups excluding carboxylic acids is 1. The summed E-state index contributed by atoms with van der Waals surface area (Å²) in [6.07, 6.45) is 7.74. The molecule has 0 unspecified atom stereocenters. The highest BCUT2D eigenvalue weighted by molar-refractivity contribution is 6.36. The van der Waals surface area contributed by atoms with Crippen LogP contribution in [-0.2, 0) is 6.54 Å². The van der Waals surface area contributed by atoms with Gasteiger partial charge in [0.2, 0.25) is 5.92 Å². The lowest BCUT2D eigenvalue weighted by molar-refractivity contribution is -0.193. The fraction of sp³-hybridized carbons (Fsp3) is 0.667. The van der Waals surface area contributed by atoms with Crippen LogP contribution in [0.2, 0.25) is 5.02 Å². The maximum Gasteiger partial charge on any atom is 0.273 e. The summed E-state index contributed by atoms with van der Waals surface area (Å²) in [5.74, 6) is -0.369. The van der Waals surface area contributed by atoms with Gasteiger partial charge >= 0.3 is 0 Å². The zero-order valence-corrected chi connectivity index (χ0v) is 22.5. The molecule has 5 rings (SSSR count). The zero-order chi connectivity index (χ0) is 26.4. The lowest BCUT2D eigenvalue weighted by Gasteiger charge is -2.57. The average molecular weight is 536 g/mol. The predicted molar refractivity (Wildman–Crippen MR) is 139 cm³/mol. The third-order valence-electron chi connectivity index (χ3n) is 8.42. The Bertz CT molecular complexity index is 1150. The second-order valence-corrected chi connectivity index (χ2v) is 11.8. The number of hydrogen-bond donors (Lipinski definition) is 2. The molecule has 0 bridgehead atoms. The minimum absolute atomic E-state index is 0.0108. The number of amides is 1. The third kappa shape index (κ3) is 5.29. The molecule has 2 aromatic heterocycles. The molecular weight excluding hydrogens is 500 g/mol. The van der Waals surface area contributed by atoms with E-state index in [1.807, 2.05) is 6.92 Å². The molecule has 2 N–H and O–H groups in total. The number of nitrogens with one attached hydrogen (secondary N) is 2. The van der Waals surface area contributed by atoms with Crippen molar-refractivity contribution in [2.24, 2.45) is 17.3 Å². The van der Waals surface area contributed by atoms with Crippen molar-refractivity contribution in [3.63, 3.8) is 0 Å². The number of pyridine rings is 1. The van der Waals surface area contributed by atoms with Crippen LogP contribution in [0.5, 0.6) is 5.75 Å². The van der Waals surface area contributed by atoms with E-state index in [0.29, 0.717) is 41.8 Å². The Morgan fingerprint density at radius 2 is 1.95 bits per heavy atom. The molecule has 0 aromatic carbocycles. The Hall–Kier alpha value is -2.42. The summed E-state index contributed by atoms with van der Waals surface area (Å²) in [5.41, 5.74) is 1.20. The van der Waals surface area contributed by atoms with Crippen LogP contribution in [0.1, 0.15) is 75.7 Å². The Morgan fingerprint density at radius 3 is 2.57 bits per heavy atom. The minimum Gasteiger partial charge on any atom is -0.496 e. The summed E-state index contributed by atoms with van der Waals surface area (Å²) in [4.78, 5) is 17.5. The first kappa shape index (κ1) is 26.2. The number of ether oxygens (including phenoxy) is 1. The number of carbonyl (C=O) groups is 1. The van der Waals surface area contributed by atoms with E-state index in [1.54, 1.807) is 24.1 Å². The van der Waals surface area contributed by atoms with Gasteiger partial charge in [0, 0.05) is 44.2 Å². The van der Waals surface area contributed by atoms with Gasteiger partial charge in [0.25, 0.3) is 5.91 Å². The van der Waals surface area contributed by atoms with Crippen LogP contribution in [0.15, 0.2) is 12.3 Å². The SMILES string of the molecule is CCn1nc(C(=O)NCC2CCC(C)CC2)c(Cl)c1-c1cnc(NC2CC3(C2)CC(F)(F)C3)cc1OC. The first-order valence-corrected chi connectivity index (χ1v) is 13.7. The molecule has 0 atom stereocenters. The number of anilines is 1. The van der Waals surface area contributed by atoms with Gasteiger partial charge in [-0.15, -0.1) is 0 Å². The fourth-order valence-corrected chi connectivity index (χ4v) is 6.74. The summed E-state index contributed by atoms with van der Waals surface area (Å²) < 4.78 is 34.0. The number of aromatic nitrogens is 3. The van der Waals surface area contributed by atoms with Gasteiger partial charge < -0.3 is 15.4 Å². The monoisotopic (exact) mass is 535 g/mol. The second kappa shape index (κ2) is 10.0. The van der Waals surface area contributed by atoms with Crippen molar-refractivity contribution in [2.75, 3.05) is 19.0 Å². The van der Waals surface area contributed by atoms with E-state index >= 15 is 0 Å². The van der Waals surface area contributed by atoms with Gasteiger partial charge in [-0.05, 0) is 49.9 Å². The predicted octanol–water partition coefficient (Wildman–Crippen LogP) is 6.17. The Balaban J connectivity index is 1.28. The van der Waals surface area contributed by atoms with Crippen LogP contribution in [0, 0.1) is 17.3 Å². The van der Waals surface area contributed by atoms with Crippen LogP contribution < -0.4 is 15.4 Å². The summed E-state index contributed by atoms with van der Waals surface area (Å²) in [5, 5.41) is 11.1. The summed E-state index contributed by atoms with van der Waals surface area (Å²) in [6, 6.07) is 1.90. The maximum atomic E-state index is 13.3. The highest BCUT2D eigenvalue weighted by Crippen LogP contribution is 2.62. The third-order valence-corrected chi connectivity index (χ3v) is 8.77. The van der Waals surface area contributed by atoms with E-state index in [1.165, 1.54) is 12.8 Å². The molecule has 0 aliphatic heterocycles. The van der Waals surface area contributed by atoms with Crippen molar-refractivity contribution < 1.29 is 18.3 Å². The molecule has 0 radical (unpaired) electrons. The van der Waals surface area contributed by atoms with E-state index in [9.17, 15) is 13.6 Å². The lowest BCUT2D eigenvalue weighted by Crippen LogP contribution is -2.57. The fourth-order valence-electron chi connectivity index (χ4n) is 6.42. The van der Waals surface area contributed by atoms with E-state index in [4.69, 9.17) is 16.3 Å². The molecule has 1 spiro atoms. The lowest BCUT2D eigenvalue weighted by atomic mass is 9.52. The van der Waals surface area contributed by atoms with Crippen molar-refractivity contribution in [3.05, 3.63) is 23.0 Å². The van der Waals surface area contributed by atoms with E-state index in [-0.39, 0.29) is 40.9 Å². The molecular formula is C27H36ClF2N5O2. The molecule has 3 fully saturated rings. The van der Waals surface area contributed by atoms with Crippen molar-refractivity contribution in [3.8, 4) is 17.0 Å². The van der Waals surface area contributed by atoms with Gasteiger partial charge in [-0.2, -0.15) is 5.10 Å². The van der Waals surface area contributed by atoms with Crippen molar-refractivity contribution in [1.82, 2.24) is 20.1 Å². The zero-order valence-electron chi connectivity index (χ0n) is 21.7. The van der Waals surface area contributed by atoms with Crippen LogP contribution in [0.3, 0.4) is 0 Å². The van der Waals surface area contributed by atoms with E-state index in [2.05, 4.69) is 27.6 Å². The molecule has 3 aliphatic carbocycles.